The van der Waals surface area contributed by atoms with Crippen molar-refractivity contribution >= 4 is 11.9 Å². The van der Waals surface area contributed by atoms with Crippen molar-refractivity contribution in [3.8, 4) is 11.3 Å². The van der Waals surface area contributed by atoms with Gasteiger partial charge in [-0.2, -0.15) is 0 Å². The molecule has 2 aromatic rings. The lowest BCUT2D eigenvalue weighted by molar-refractivity contribution is -0.134. The normalized spacial score (nSPS) is 26.3. The summed E-state index contributed by atoms with van der Waals surface area (Å²) in [5.41, 5.74) is 0.750. The van der Waals surface area contributed by atoms with Gasteiger partial charge in [-0.15, -0.1) is 0 Å². The van der Waals surface area contributed by atoms with Gasteiger partial charge >= 0.3 is 6.03 Å². The second kappa shape index (κ2) is 6.02. The minimum Gasteiger partial charge on any atom is -0.356 e. The van der Waals surface area contributed by atoms with Crippen LogP contribution in [0.3, 0.4) is 0 Å². The topological polar surface area (TPSA) is 75.4 Å². The van der Waals surface area contributed by atoms with E-state index < -0.39 is 5.54 Å². The molecule has 0 unspecified atom stereocenters. The number of rotatable bonds is 3. The van der Waals surface area contributed by atoms with Gasteiger partial charge < -0.3 is 9.84 Å². The summed E-state index contributed by atoms with van der Waals surface area (Å²) < 4.78 is 5.37. The molecule has 6 heteroatoms. The number of aromatic nitrogens is 1. The van der Waals surface area contributed by atoms with Crippen LogP contribution in [0.5, 0.6) is 0 Å². The van der Waals surface area contributed by atoms with E-state index in [0.717, 1.165) is 24.8 Å². The first kappa shape index (κ1) is 15.9. The van der Waals surface area contributed by atoms with E-state index in [2.05, 4.69) is 10.5 Å². The number of carbonyl (C=O) groups is 2. The summed E-state index contributed by atoms with van der Waals surface area (Å²) in [4.78, 5) is 26.7. The molecule has 0 radical (unpaired) electrons. The summed E-state index contributed by atoms with van der Waals surface area (Å²) >= 11 is 0. The maximum atomic E-state index is 13.0. The van der Waals surface area contributed by atoms with Gasteiger partial charge in [-0.25, -0.2) is 4.79 Å². The number of amides is 3. The fourth-order valence-corrected chi connectivity index (χ4v) is 3.93. The van der Waals surface area contributed by atoms with Crippen LogP contribution >= 0.6 is 0 Å². The van der Waals surface area contributed by atoms with E-state index in [-0.39, 0.29) is 24.4 Å². The van der Waals surface area contributed by atoms with Gasteiger partial charge in [0, 0.05) is 11.6 Å². The Labute approximate surface area is 146 Å². The highest BCUT2D eigenvalue weighted by molar-refractivity contribution is 6.07. The molecule has 1 saturated heterocycles. The second-order valence-corrected chi connectivity index (χ2v) is 6.99. The SMILES string of the molecule is C[C@H]1CCCC[C@@]12NC(=O)N(Cc1cc(-c3ccccc3)on1)C2=O. The second-order valence-electron chi connectivity index (χ2n) is 6.99. The first-order chi connectivity index (χ1) is 12.1. The Balaban J connectivity index is 1.54. The van der Waals surface area contributed by atoms with Crippen molar-refractivity contribution in [2.45, 2.75) is 44.7 Å². The minimum absolute atomic E-state index is 0.131. The highest BCUT2D eigenvalue weighted by Crippen LogP contribution is 2.38. The molecule has 1 saturated carbocycles. The zero-order chi connectivity index (χ0) is 17.4. The molecule has 1 aliphatic heterocycles. The monoisotopic (exact) mass is 339 g/mol. The van der Waals surface area contributed by atoms with Gasteiger partial charge in [0.1, 0.15) is 11.2 Å². The van der Waals surface area contributed by atoms with Crippen LogP contribution in [-0.2, 0) is 11.3 Å². The van der Waals surface area contributed by atoms with Crippen molar-refractivity contribution in [1.29, 1.82) is 0 Å². The van der Waals surface area contributed by atoms with Crippen LogP contribution in [0.2, 0.25) is 0 Å². The van der Waals surface area contributed by atoms with E-state index in [9.17, 15) is 9.59 Å². The molecule has 130 valence electrons. The minimum atomic E-state index is -0.735. The summed E-state index contributed by atoms with van der Waals surface area (Å²) in [6.07, 6.45) is 3.74. The highest BCUT2D eigenvalue weighted by atomic mass is 16.5. The van der Waals surface area contributed by atoms with Crippen LogP contribution in [0.1, 0.15) is 38.3 Å². The molecule has 1 aliphatic carbocycles. The average Bonchev–Trinajstić information content (AvgIpc) is 3.18. The van der Waals surface area contributed by atoms with Crippen molar-refractivity contribution in [3.63, 3.8) is 0 Å². The molecule has 4 rings (SSSR count). The first-order valence-electron chi connectivity index (χ1n) is 8.75. The zero-order valence-corrected chi connectivity index (χ0v) is 14.2. The van der Waals surface area contributed by atoms with Crippen molar-refractivity contribution in [1.82, 2.24) is 15.4 Å². The van der Waals surface area contributed by atoms with Crippen molar-refractivity contribution in [2.75, 3.05) is 0 Å². The third-order valence-electron chi connectivity index (χ3n) is 5.44. The fourth-order valence-electron chi connectivity index (χ4n) is 3.93. The average molecular weight is 339 g/mol. The predicted octanol–water partition coefficient (Wildman–Crippen LogP) is 3.34. The van der Waals surface area contributed by atoms with Crippen LogP contribution in [-0.4, -0.2) is 27.5 Å². The smallest absolute Gasteiger partial charge is 0.325 e. The van der Waals surface area contributed by atoms with E-state index in [1.807, 2.05) is 37.3 Å². The quantitative estimate of drug-likeness (QED) is 0.870. The largest absolute Gasteiger partial charge is 0.356 e. The number of nitrogens with one attached hydrogen (secondary N) is 1. The number of hydrogen-bond donors (Lipinski definition) is 1. The standard InChI is InChI=1S/C19H21N3O3/c1-13-7-5-6-10-19(13)17(23)22(18(24)20-19)12-15-11-16(25-21-15)14-8-3-2-4-9-14/h2-4,8-9,11,13H,5-7,10,12H2,1H3,(H,20,24)/t13-,19+/m0/s1. The van der Waals surface area contributed by atoms with Gasteiger partial charge in [0.05, 0.1) is 6.54 Å². The lowest BCUT2D eigenvalue weighted by Crippen LogP contribution is -2.53. The van der Waals surface area contributed by atoms with E-state index in [0.29, 0.717) is 17.9 Å². The van der Waals surface area contributed by atoms with E-state index in [1.54, 1.807) is 6.07 Å². The summed E-state index contributed by atoms with van der Waals surface area (Å²) in [5.74, 6) is 0.650. The van der Waals surface area contributed by atoms with Crippen molar-refractivity contribution in [2.24, 2.45) is 5.92 Å². The Morgan fingerprint density at radius 1 is 1.28 bits per heavy atom. The molecule has 2 heterocycles. The molecule has 2 aliphatic rings. The van der Waals surface area contributed by atoms with Crippen molar-refractivity contribution < 1.29 is 14.1 Å². The predicted molar refractivity (Wildman–Crippen MR) is 91.4 cm³/mol. The number of nitrogens with zero attached hydrogens (tertiary/aromatic N) is 2. The van der Waals surface area contributed by atoms with Crippen LogP contribution in [0.15, 0.2) is 40.9 Å². The fraction of sp³-hybridized carbons (Fsp3) is 0.421. The number of hydrogen-bond acceptors (Lipinski definition) is 4. The number of benzene rings is 1. The lowest BCUT2D eigenvalue weighted by Gasteiger charge is -2.36. The number of carbonyl (C=O) groups excluding carboxylic acids is 2. The van der Waals surface area contributed by atoms with Gasteiger partial charge in [-0.05, 0) is 18.8 Å². The third-order valence-corrected chi connectivity index (χ3v) is 5.44. The maximum Gasteiger partial charge on any atom is 0.325 e. The molecule has 3 amide bonds. The van der Waals surface area contributed by atoms with E-state index >= 15 is 0 Å². The van der Waals surface area contributed by atoms with Crippen molar-refractivity contribution in [3.05, 3.63) is 42.1 Å². The molecule has 2 atom stereocenters. The molecule has 1 aromatic heterocycles. The third kappa shape index (κ3) is 2.62. The molecule has 2 fully saturated rings. The molecule has 25 heavy (non-hydrogen) atoms. The zero-order valence-electron chi connectivity index (χ0n) is 14.2. The van der Waals surface area contributed by atoms with Crippen LogP contribution < -0.4 is 5.32 Å². The molecule has 6 nitrogen and oxygen atoms in total. The van der Waals surface area contributed by atoms with Gasteiger partial charge in [0.2, 0.25) is 0 Å². The summed E-state index contributed by atoms with van der Waals surface area (Å²) in [7, 11) is 0. The first-order valence-corrected chi connectivity index (χ1v) is 8.75. The molecular formula is C19H21N3O3. The van der Waals surface area contributed by atoms with Crippen LogP contribution in [0.4, 0.5) is 4.79 Å². The van der Waals surface area contributed by atoms with E-state index in [4.69, 9.17) is 4.52 Å². The molecule has 1 N–H and O–H groups in total. The molecule has 1 spiro atoms. The van der Waals surface area contributed by atoms with Gasteiger partial charge in [-0.1, -0.05) is 55.3 Å². The molecule has 0 bridgehead atoms. The maximum absolute atomic E-state index is 13.0. The van der Waals surface area contributed by atoms with Crippen LogP contribution in [0.25, 0.3) is 11.3 Å². The summed E-state index contributed by atoms with van der Waals surface area (Å²) in [5, 5.41) is 6.99. The highest BCUT2D eigenvalue weighted by Gasteiger charge is 2.54. The Morgan fingerprint density at radius 2 is 2.08 bits per heavy atom. The summed E-state index contributed by atoms with van der Waals surface area (Å²) in [6, 6.07) is 11.1. The molecular weight excluding hydrogens is 318 g/mol. The van der Waals surface area contributed by atoms with E-state index in [1.165, 1.54) is 4.90 Å². The van der Waals surface area contributed by atoms with Gasteiger partial charge in [0.15, 0.2) is 5.76 Å². The van der Waals surface area contributed by atoms with Gasteiger partial charge in [0.25, 0.3) is 5.91 Å². The summed E-state index contributed by atoms with van der Waals surface area (Å²) in [6.45, 7) is 2.18. The Kier molecular flexibility index (Phi) is 3.82. The Morgan fingerprint density at radius 3 is 2.84 bits per heavy atom. The Bertz CT molecular complexity index is 801. The van der Waals surface area contributed by atoms with Crippen LogP contribution in [0, 0.1) is 5.92 Å². The lowest BCUT2D eigenvalue weighted by atomic mass is 9.73. The number of urea groups is 1. The number of imide groups is 1. The Hall–Kier alpha value is -2.63. The molecule has 1 aromatic carbocycles. The van der Waals surface area contributed by atoms with Gasteiger partial charge in [-0.3, -0.25) is 9.69 Å².